The van der Waals surface area contributed by atoms with Gasteiger partial charge in [-0.25, -0.2) is 0 Å². The number of alkyl halides is 1. The highest BCUT2D eigenvalue weighted by atomic mass is 35.5. The Labute approximate surface area is 140 Å². The Hall–Kier alpha value is -2.07. The van der Waals surface area contributed by atoms with E-state index in [9.17, 15) is 9.59 Å². The van der Waals surface area contributed by atoms with Crippen molar-refractivity contribution in [2.45, 2.75) is 12.3 Å². The van der Waals surface area contributed by atoms with Crippen LogP contribution >= 0.6 is 11.6 Å². The van der Waals surface area contributed by atoms with E-state index in [1.165, 1.54) is 0 Å². The molecule has 4 nitrogen and oxygen atoms in total. The number of benzene rings is 2. The van der Waals surface area contributed by atoms with Crippen LogP contribution in [0.25, 0.3) is 10.8 Å². The van der Waals surface area contributed by atoms with Crippen LogP contribution in [0, 0.1) is 0 Å². The first kappa shape index (κ1) is 15.8. The molecular weight excluding hydrogens is 312 g/mol. The van der Waals surface area contributed by atoms with E-state index in [0.717, 1.165) is 10.8 Å². The molecule has 1 saturated heterocycles. The molecule has 0 saturated carbocycles. The lowest BCUT2D eigenvalue weighted by Crippen LogP contribution is -2.52. The number of fused-ring (bicyclic) bond motifs is 1. The summed E-state index contributed by atoms with van der Waals surface area (Å²) in [5, 5.41) is 1.51. The number of carbonyl (C=O) groups is 2. The Morgan fingerprint density at radius 2 is 1.57 bits per heavy atom. The van der Waals surface area contributed by atoms with Crippen LogP contribution in [0.2, 0.25) is 0 Å². The van der Waals surface area contributed by atoms with Crippen molar-refractivity contribution in [1.82, 2.24) is 9.80 Å². The highest BCUT2D eigenvalue weighted by Crippen LogP contribution is 2.20. The first-order valence-electron chi connectivity index (χ1n) is 7.78. The zero-order valence-electron chi connectivity index (χ0n) is 13.0. The van der Waals surface area contributed by atoms with Gasteiger partial charge >= 0.3 is 0 Å². The molecule has 0 aromatic heterocycles. The molecule has 3 rings (SSSR count). The minimum Gasteiger partial charge on any atom is -0.338 e. The molecule has 0 spiro atoms. The summed E-state index contributed by atoms with van der Waals surface area (Å²) in [6, 6.07) is 13.7. The average Bonchev–Trinajstić information content (AvgIpc) is 2.60. The summed E-state index contributed by atoms with van der Waals surface area (Å²) in [5.74, 6) is -0.0447. The Kier molecular flexibility index (Phi) is 4.53. The van der Waals surface area contributed by atoms with Crippen molar-refractivity contribution in [1.29, 1.82) is 0 Å². The number of hydrogen-bond acceptors (Lipinski definition) is 2. The van der Waals surface area contributed by atoms with Crippen molar-refractivity contribution in [2.75, 3.05) is 26.2 Å². The molecule has 0 bridgehead atoms. The van der Waals surface area contributed by atoms with E-state index in [1.54, 1.807) is 11.8 Å². The largest absolute Gasteiger partial charge is 0.338 e. The van der Waals surface area contributed by atoms with Gasteiger partial charge in [0.05, 0.1) is 0 Å². The van der Waals surface area contributed by atoms with E-state index in [2.05, 4.69) is 0 Å². The van der Waals surface area contributed by atoms with Crippen molar-refractivity contribution in [3.63, 3.8) is 0 Å². The van der Waals surface area contributed by atoms with Gasteiger partial charge in [-0.2, -0.15) is 0 Å². The van der Waals surface area contributed by atoms with Gasteiger partial charge in [-0.15, -0.1) is 11.6 Å². The van der Waals surface area contributed by atoms with Crippen LogP contribution in [0.3, 0.4) is 0 Å². The van der Waals surface area contributed by atoms with Crippen LogP contribution in [0.5, 0.6) is 0 Å². The summed E-state index contributed by atoms with van der Waals surface area (Å²) in [6.07, 6.45) is 0. The second kappa shape index (κ2) is 6.59. The SMILES string of the molecule is CC(Cl)C(=O)N1CCN(C(=O)c2cccc3ccccc23)CC1. The van der Waals surface area contributed by atoms with Crippen molar-refractivity contribution < 1.29 is 9.59 Å². The number of hydrogen-bond donors (Lipinski definition) is 0. The molecule has 2 aromatic rings. The normalized spacial score (nSPS) is 16.4. The fraction of sp³-hybridized carbons (Fsp3) is 0.333. The first-order chi connectivity index (χ1) is 11.1. The maximum atomic E-state index is 12.8. The minimum atomic E-state index is -0.518. The van der Waals surface area contributed by atoms with Crippen molar-refractivity contribution in [2.24, 2.45) is 0 Å². The molecule has 23 heavy (non-hydrogen) atoms. The van der Waals surface area contributed by atoms with Crippen LogP contribution in [0.1, 0.15) is 17.3 Å². The number of amides is 2. The third-order valence-corrected chi connectivity index (χ3v) is 4.43. The number of nitrogens with zero attached hydrogens (tertiary/aromatic N) is 2. The van der Waals surface area contributed by atoms with E-state index in [0.29, 0.717) is 31.7 Å². The Morgan fingerprint density at radius 3 is 2.26 bits per heavy atom. The number of carbonyl (C=O) groups excluding carboxylic acids is 2. The van der Waals surface area contributed by atoms with Crippen molar-refractivity contribution in [3.8, 4) is 0 Å². The Morgan fingerprint density at radius 1 is 0.957 bits per heavy atom. The lowest BCUT2D eigenvalue weighted by Gasteiger charge is -2.35. The first-order valence-corrected chi connectivity index (χ1v) is 8.21. The van der Waals surface area contributed by atoms with Gasteiger partial charge in [-0.3, -0.25) is 9.59 Å². The molecule has 120 valence electrons. The topological polar surface area (TPSA) is 40.6 Å². The second-order valence-electron chi connectivity index (χ2n) is 5.76. The molecule has 5 heteroatoms. The van der Waals surface area contributed by atoms with Gasteiger partial charge in [0.25, 0.3) is 5.91 Å². The number of rotatable bonds is 2. The van der Waals surface area contributed by atoms with Gasteiger partial charge in [-0.05, 0) is 23.8 Å². The smallest absolute Gasteiger partial charge is 0.254 e. The van der Waals surface area contributed by atoms with Crippen LogP contribution in [0.15, 0.2) is 42.5 Å². The van der Waals surface area contributed by atoms with Crippen LogP contribution in [-0.4, -0.2) is 53.2 Å². The van der Waals surface area contributed by atoms with E-state index in [-0.39, 0.29) is 11.8 Å². The standard InChI is InChI=1S/C18H19ClN2O2/c1-13(19)17(22)20-9-11-21(12-10-20)18(23)16-8-4-6-14-5-2-3-7-15(14)16/h2-8,13H,9-12H2,1H3. The zero-order valence-corrected chi connectivity index (χ0v) is 13.8. The predicted octanol–water partition coefficient (Wildman–Crippen LogP) is 2.75. The summed E-state index contributed by atoms with van der Waals surface area (Å²) < 4.78 is 0. The Balaban J connectivity index is 1.76. The van der Waals surface area contributed by atoms with Gasteiger partial charge in [0.1, 0.15) is 5.38 Å². The third-order valence-electron chi connectivity index (χ3n) is 4.24. The molecule has 1 unspecified atom stereocenters. The van der Waals surface area contributed by atoms with E-state index >= 15 is 0 Å². The maximum Gasteiger partial charge on any atom is 0.254 e. The molecule has 2 aromatic carbocycles. The molecule has 1 fully saturated rings. The lowest BCUT2D eigenvalue weighted by molar-refractivity contribution is -0.131. The molecule has 2 amide bonds. The zero-order chi connectivity index (χ0) is 16.4. The van der Waals surface area contributed by atoms with Crippen molar-refractivity contribution in [3.05, 3.63) is 48.0 Å². The summed E-state index contributed by atoms with van der Waals surface area (Å²) in [5.41, 5.74) is 0.716. The lowest BCUT2D eigenvalue weighted by atomic mass is 10.0. The van der Waals surface area contributed by atoms with Gasteiger partial charge in [0.2, 0.25) is 5.91 Å². The maximum absolute atomic E-state index is 12.8. The van der Waals surface area contributed by atoms with Crippen LogP contribution in [-0.2, 0) is 4.79 Å². The molecule has 0 aliphatic carbocycles. The third kappa shape index (κ3) is 3.17. The van der Waals surface area contributed by atoms with Crippen molar-refractivity contribution >= 4 is 34.2 Å². The van der Waals surface area contributed by atoms with E-state index in [1.807, 2.05) is 47.4 Å². The quantitative estimate of drug-likeness (QED) is 0.794. The van der Waals surface area contributed by atoms with Crippen LogP contribution in [0.4, 0.5) is 0 Å². The van der Waals surface area contributed by atoms with Crippen LogP contribution < -0.4 is 0 Å². The fourth-order valence-corrected chi connectivity index (χ4v) is 3.10. The predicted molar refractivity (Wildman–Crippen MR) is 91.7 cm³/mol. The molecule has 0 N–H and O–H groups in total. The molecule has 1 aliphatic heterocycles. The number of piperazine rings is 1. The molecular formula is C18H19ClN2O2. The highest BCUT2D eigenvalue weighted by Gasteiger charge is 2.27. The number of halogens is 1. The minimum absolute atomic E-state index is 0.0211. The summed E-state index contributed by atoms with van der Waals surface area (Å²) >= 11 is 5.85. The Bertz CT molecular complexity index is 731. The van der Waals surface area contributed by atoms with Gasteiger partial charge in [0, 0.05) is 31.7 Å². The highest BCUT2D eigenvalue weighted by molar-refractivity contribution is 6.30. The summed E-state index contributed by atoms with van der Waals surface area (Å²) in [6.45, 7) is 3.82. The molecule has 0 radical (unpaired) electrons. The fourth-order valence-electron chi connectivity index (χ4n) is 2.96. The van der Waals surface area contributed by atoms with Gasteiger partial charge < -0.3 is 9.80 Å². The molecule has 1 aliphatic rings. The summed E-state index contributed by atoms with van der Waals surface area (Å²) in [7, 11) is 0. The van der Waals surface area contributed by atoms with Gasteiger partial charge in [0.15, 0.2) is 0 Å². The average molecular weight is 331 g/mol. The second-order valence-corrected chi connectivity index (χ2v) is 6.41. The van der Waals surface area contributed by atoms with Gasteiger partial charge in [-0.1, -0.05) is 36.4 Å². The van der Waals surface area contributed by atoms with E-state index in [4.69, 9.17) is 11.6 Å². The molecule has 1 heterocycles. The van der Waals surface area contributed by atoms with E-state index < -0.39 is 5.38 Å². The molecule has 1 atom stereocenters. The summed E-state index contributed by atoms with van der Waals surface area (Å²) in [4.78, 5) is 28.3. The monoisotopic (exact) mass is 330 g/mol.